The first kappa shape index (κ1) is 21.2. The van der Waals surface area contributed by atoms with Crippen LogP contribution in [0, 0.1) is 12.8 Å². The Morgan fingerprint density at radius 3 is 2.55 bits per heavy atom. The summed E-state index contributed by atoms with van der Waals surface area (Å²) in [4.78, 5) is 14.6. The molecule has 0 atom stereocenters. The molecular weight excluding hydrogens is 412 g/mol. The molecule has 0 saturated heterocycles. The Balaban J connectivity index is 1.72. The zero-order chi connectivity index (χ0) is 21.8. The molecule has 0 spiro atoms. The molecular formula is C24H27ClN4O2. The standard InChI is InChI=1S/C24H27ClN4O2/c1-3-26-24(30)28(15-18-9-10-18)16-22-17(2)27-29(20-7-5-4-6-8-20)23(22)31-21-13-11-19(25)12-14-21/h4-8,11-14,18H,3,9-10,15-16H2,1-2H3,(H,26,30). The van der Waals surface area contributed by atoms with Crippen molar-refractivity contribution in [2.45, 2.75) is 33.2 Å². The molecule has 162 valence electrons. The van der Waals surface area contributed by atoms with Gasteiger partial charge >= 0.3 is 6.03 Å². The lowest BCUT2D eigenvalue weighted by molar-refractivity contribution is 0.192. The molecule has 6 nitrogen and oxygen atoms in total. The van der Waals surface area contributed by atoms with Gasteiger partial charge in [-0.2, -0.15) is 5.10 Å². The number of para-hydroxylation sites is 1. The third-order valence-corrected chi connectivity index (χ3v) is 5.56. The van der Waals surface area contributed by atoms with Gasteiger partial charge in [0, 0.05) is 18.1 Å². The number of hydrogen-bond donors (Lipinski definition) is 1. The number of nitrogens with zero attached hydrogens (tertiary/aromatic N) is 3. The molecule has 2 amide bonds. The van der Waals surface area contributed by atoms with Crippen molar-refractivity contribution < 1.29 is 9.53 Å². The van der Waals surface area contributed by atoms with Crippen LogP contribution in [-0.2, 0) is 6.54 Å². The summed E-state index contributed by atoms with van der Waals surface area (Å²) in [5.41, 5.74) is 2.62. The van der Waals surface area contributed by atoms with Gasteiger partial charge in [0.05, 0.1) is 23.5 Å². The second-order valence-corrected chi connectivity index (χ2v) is 8.27. The quantitative estimate of drug-likeness (QED) is 0.500. The van der Waals surface area contributed by atoms with Crippen LogP contribution < -0.4 is 10.1 Å². The van der Waals surface area contributed by atoms with Gasteiger partial charge in [-0.15, -0.1) is 0 Å². The SMILES string of the molecule is CCNC(=O)N(Cc1c(C)nn(-c2ccccc2)c1Oc1ccc(Cl)cc1)CC1CC1. The summed E-state index contributed by atoms with van der Waals surface area (Å²) < 4.78 is 8.11. The van der Waals surface area contributed by atoms with E-state index in [2.05, 4.69) is 5.32 Å². The van der Waals surface area contributed by atoms with Gasteiger partial charge in [0.25, 0.3) is 0 Å². The molecule has 31 heavy (non-hydrogen) atoms. The van der Waals surface area contributed by atoms with Crippen molar-refractivity contribution in [1.82, 2.24) is 20.0 Å². The minimum Gasteiger partial charge on any atom is -0.439 e. The summed E-state index contributed by atoms with van der Waals surface area (Å²) in [5.74, 6) is 1.85. The van der Waals surface area contributed by atoms with Gasteiger partial charge in [-0.3, -0.25) is 0 Å². The fourth-order valence-electron chi connectivity index (χ4n) is 3.47. The maximum absolute atomic E-state index is 12.7. The van der Waals surface area contributed by atoms with E-state index in [1.165, 1.54) is 12.8 Å². The smallest absolute Gasteiger partial charge is 0.317 e. The highest BCUT2D eigenvalue weighted by molar-refractivity contribution is 6.30. The number of nitrogens with one attached hydrogen (secondary N) is 1. The summed E-state index contributed by atoms with van der Waals surface area (Å²) in [6.45, 7) is 5.65. The molecule has 0 aliphatic heterocycles. The Labute approximate surface area is 187 Å². The number of urea groups is 1. The van der Waals surface area contributed by atoms with Crippen molar-refractivity contribution in [3.63, 3.8) is 0 Å². The summed E-state index contributed by atoms with van der Waals surface area (Å²) in [6, 6.07) is 17.0. The molecule has 1 aromatic heterocycles. The van der Waals surface area contributed by atoms with Crippen LogP contribution in [0.15, 0.2) is 54.6 Å². The Morgan fingerprint density at radius 2 is 1.90 bits per heavy atom. The van der Waals surface area contributed by atoms with Crippen LogP contribution in [0.3, 0.4) is 0 Å². The largest absolute Gasteiger partial charge is 0.439 e. The Kier molecular flexibility index (Phi) is 6.47. The number of halogens is 1. The van der Waals surface area contributed by atoms with Gasteiger partial charge in [0.2, 0.25) is 5.88 Å². The Bertz CT molecular complexity index is 1030. The summed E-state index contributed by atoms with van der Waals surface area (Å²) in [5, 5.41) is 8.34. The predicted molar refractivity (Wildman–Crippen MR) is 122 cm³/mol. The maximum atomic E-state index is 12.7. The number of amides is 2. The van der Waals surface area contributed by atoms with Crippen LogP contribution >= 0.6 is 11.6 Å². The van der Waals surface area contributed by atoms with Gasteiger partial charge in [-0.05, 0) is 69.0 Å². The lowest BCUT2D eigenvalue weighted by Gasteiger charge is -2.23. The number of aromatic nitrogens is 2. The van der Waals surface area contributed by atoms with Crippen molar-refractivity contribution in [2.24, 2.45) is 5.92 Å². The molecule has 1 aliphatic carbocycles. The third-order valence-electron chi connectivity index (χ3n) is 5.31. The Morgan fingerprint density at radius 1 is 1.19 bits per heavy atom. The van der Waals surface area contributed by atoms with E-state index in [0.717, 1.165) is 23.5 Å². The topological polar surface area (TPSA) is 59.4 Å². The number of carbonyl (C=O) groups excluding carboxylic acids is 1. The highest BCUT2D eigenvalue weighted by atomic mass is 35.5. The lowest BCUT2D eigenvalue weighted by atomic mass is 10.2. The van der Waals surface area contributed by atoms with Crippen molar-refractivity contribution in [1.29, 1.82) is 0 Å². The lowest BCUT2D eigenvalue weighted by Crippen LogP contribution is -2.40. The first-order chi connectivity index (χ1) is 15.0. The molecule has 1 saturated carbocycles. The average Bonchev–Trinajstić information content (AvgIpc) is 3.54. The van der Waals surface area contributed by atoms with E-state index in [4.69, 9.17) is 21.4 Å². The van der Waals surface area contributed by atoms with Crippen molar-refractivity contribution in [3.05, 3.63) is 70.9 Å². The summed E-state index contributed by atoms with van der Waals surface area (Å²) in [7, 11) is 0. The molecule has 1 heterocycles. The van der Waals surface area contributed by atoms with Gasteiger partial charge in [-0.25, -0.2) is 9.48 Å². The second-order valence-electron chi connectivity index (χ2n) is 7.83. The van der Waals surface area contributed by atoms with Crippen LogP contribution in [0.1, 0.15) is 31.0 Å². The summed E-state index contributed by atoms with van der Waals surface area (Å²) >= 11 is 6.04. The van der Waals surface area contributed by atoms with Gasteiger partial charge in [-0.1, -0.05) is 29.8 Å². The molecule has 7 heteroatoms. The van der Waals surface area contributed by atoms with Crippen LogP contribution in [0.5, 0.6) is 11.6 Å². The van der Waals surface area contributed by atoms with Crippen LogP contribution in [0.2, 0.25) is 5.02 Å². The normalized spacial score (nSPS) is 13.1. The van der Waals surface area contributed by atoms with E-state index < -0.39 is 0 Å². The molecule has 3 aromatic rings. The van der Waals surface area contributed by atoms with E-state index in [0.29, 0.717) is 35.7 Å². The van der Waals surface area contributed by atoms with Crippen molar-refractivity contribution >= 4 is 17.6 Å². The second kappa shape index (κ2) is 9.43. The van der Waals surface area contributed by atoms with Crippen molar-refractivity contribution in [2.75, 3.05) is 13.1 Å². The van der Waals surface area contributed by atoms with Gasteiger partial charge < -0.3 is 15.0 Å². The monoisotopic (exact) mass is 438 g/mol. The molecule has 1 aliphatic rings. The first-order valence-corrected chi connectivity index (χ1v) is 11.0. The number of aryl methyl sites for hydroxylation is 1. The predicted octanol–water partition coefficient (Wildman–Crippen LogP) is 5.57. The first-order valence-electron chi connectivity index (χ1n) is 10.6. The highest BCUT2D eigenvalue weighted by Crippen LogP contribution is 2.34. The maximum Gasteiger partial charge on any atom is 0.317 e. The molecule has 0 radical (unpaired) electrons. The van der Waals surface area contributed by atoms with E-state index in [9.17, 15) is 4.79 Å². The van der Waals surface area contributed by atoms with Crippen LogP contribution in [0.25, 0.3) is 5.69 Å². The molecule has 4 rings (SSSR count). The number of ether oxygens (including phenoxy) is 1. The molecule has 0 bridgehead atoms. The zero-order valence-corrected chi connectivity index (χ0v) is 18.6. The number of benzene rings is 2. The molecule has 1 N–H and O–H groups in total. The van der Waals surface area contributed by atoms with E-state index >= 15 is 0 Å². The molecule has 2 aromatic carbocycles. The molecule has 1 fully saturated rings. The van der Waals surface area contributed by atoms with Crippen LogP contribution in [0.4, 0.5) is 4.79 Å². The number of hydrogen-bond acceptors (Lipinski definition) is 3. The number of rotatable bonds is 8. The molecule has 0 unspecified atom stereocenters. The fraction of sp³-hybridized carbons (Fsp3) is 0.333. The number of carbonyl (C=O) groups is 1. The third kappa shape index (κ3) is 5.20. The minimum absolute atomic E-state index is 0.0568. The van der Waals surface area contributed by atoms with Crippen molar-refractivity contribution in [3.8, 4) is 17.3 Å². The van der Waals surface area contributed by atoms with Crippen LogP contribution in [-0.4, -0.2) is 33.8 Å². The fourth-order valence-corrected chi connectivity index (χ4v) is 3.59. The summed E-state index contributed by atoms with van der Waals surface area (Å²) in [6.07, 6.45) is 2.35. The Hall–Kier alpha value is -2.99. The van der Waals surface area contributed by atoms with E-state index in [1.54, 1.807) is 16.8 Å². The zero-order valence-electron chi connectivity index (χ0n) is 17.8. The average molecular weight is 439 g/mol. The van der Waals surface area contributed by atoms with E-state index in [1.807, 2.05) is 61.2 Å². The van der Waals surface area contributed by atoms with Gasteiger partial charge in [0.1, 0.15) is 5.75 Å². The van der Waals surface area contributed by atoms with Gasteiger partial charge in [0.15, 0.2) is 0 Å². The van der Waals surface area contributed by atoms with E-state index in [-0.39, 0.29) is 6.03 Å². The minimum atomic E-state index is -0.0568. The highest BCUT2D eigenvalue weighted by Gasteiger charge is 2.29.